The van der Waals surface area contributed by atoms with Gasteiger partial charge in [-0.3, -0.25) is 0 Å². The van der Waals surface area contributed by atoms with E-state index in [1.54, 1.807) is 0 Å². The molecule has 0 aliphatic rings. The summed E-state index contributed by atoms with van der Waals surface area (Å²) < 4.78 is 3.55. The van der Waals surface area contributed by atoms with Crippen LogP contribution in [-0.2, 0) is 4.74 Å². The minimum absolute atomic E-state index is 0.0868. The SMILES string of the molecule is CCOCC.OCCC(Cl)(Cl)Cl. The molecule has 0 aromatic heterocycles. The van der Waals surface area contributed by atoms with Gasteiger partial charge in [-0.25, -0.2) is 0 Å². The van der Waals surface area contributed by atoms with Gasteiger partial charge in [0.25, 0.3) is 0 Å². The first-order valence-corrected chi connectivity index (χ1v) is 4.86. The maximum Gasteiger partial charge on any atom is 0.192 e. The van der Waals surface area contributed by atoms with Crippen LogP contribution in [0.3, 0.4) is 0 Å². The zero-order valence-electron chi connectivity index (χ0n) is 7.32. The smallest absolute Gasteiger partial charge is 0.192 e. The van der Waals surface area contributed by atoms with Gasteiger partial charge in [0.15, 0.2) is 3.79 Å². The second-order valence-corrected chi connectivity index (χ2v) is 4.39. The molecule has 0 saturated heterocycles. The number of aliphatic hydroxyl groups is 1. The maximum absolute atomic E-state index is 8.15. The van der Waals surface area contributed by atoms with Gasteiger partial charge in [0, 0.05) is 26.2 Å². The summed E-state index contributed by atoms with van der Waals surface area (Å²) in [5.74, 6) is 0. The largest absolute Gasteiger partial charge is 0.396 e. The molecule has 0 rings (SSSR count). The van der Waals surface area contributed by atoms with Gasteiger partial charge in [-0.05, 0) is 13.8 Å². The summed E-state index contributed by atoms with van der Waals surface area (Å²) in [5, 5.41) is 8.15. The Hall–Kier alpha value is 0.790. The van der Waals surface area contributed by atoms with E-state index in [4.69, 9.17) is 44.6 Å². The molecule has 0 amide bonds. The first-order valence-electron chi connectivity index (χ1n) is 3.73. The molecule has 0 unspecified atom stereocenters. The number of hydrogen-bond acceptors (Lipinski definition) is 2. The van der Waals surface area contributed by atoms with Gasteiger partial charge >= 0.3 is 0 Å². The maximum atomic E-state index is 8.15. The third-order valence-electron chi connectivity index (χ3n) is 0.804. The first kappa shape index (κ1) is 15.3. The van der Waals surface area contributed by atoms with Crippen LogP contribution < -0.4 is 0 Å². The third-order valence-corrected chi connectivity index (χ3v) is 1.37. The van der Waals surface area contributed by atoms with Crippen molar-refractivity contribution in [3.05, 3.63) is 0 Å². The molecule has 0 radical (unpaired) electrons. The quantitative estimate of drug-likeness (QED) is 0.765. The van der Waals surface area contributed by atoms with Gasteiger partial charge in [-0.1, -0.05) is 34.8 Å². The highest BCUT2D eigenvalue weighted by Crippen LogP contribution is 2.28. The van der Waals surface area contributed by atoms with Gasteiger partial charge in [0.2, 0.25) is 0 Å². The molecular weight excluding hydrogens is 222 g/mol. The molecule has 1 N–H and O–H groups in total. The Morgan fingerprint density at radius 3 is 1.58 bits per heavy atom. The third kappa shape index (κ3) is 22.4. The Labute approximate surface area is 88.8 Å². The van der Waals surface area contributed by atoms with E-state index < -0.39 is 3.79 Å². The topological polar surface area (TPSA) is 29.5 Å². The molecule has 0 atom stereocenters. The van der Waals surface area contributed by atoms with Crippen molar-refractivity contribution in [1.29, 1.82) is 0 Å². The normalized spacial score (nSPS) is 10.5. The van der Waals surface area contributed by atoms with E-state index in [1.165, 1.54) is 0 Å². The Bertz CT molecular complexity index is 81.2. The lowest BCUT2D eigenvalue weighted by atomic mass is 10.5. The number of hydrogen-bond donors (Lipinski definition) is 1. The summed E-state index contributed by atoms with van der Waals surface area (Å²) in [5.41, 5.74) is 0. The fourth-order valence-corrected chi connectivity index (χ4v) is 0.584. The molecule has 0 aliphatic carbocycles. The molecule has 0 aliphatic heterocycles. The van der Waals surface area contributed by atoms with Crippen LogP contribution in [0.1, 0.15) is 20.3 Å². The van der Waals surface area contributed by atoms with Crippen molar-refractivity contribution in [3.63, 3.8) is 0 Å². The molecule has 0 aromatic rings. The minimum atomic E-state index is -1.28. The van der Waals surface area contributed by atoms with E-state index in [0.717, 1.165) is 13.2 Å². The van der Waals surface area contributed by atoms with E-state index in [2.05, 4.69) is 0 Å². The molecule has 0 spiro atoms. The molecule has 0 heterocycles. The predicted octanol–water partition coefficient (Wildman–Crippen LogP) is 2.78. The summed E-state index contributed by atoms with van der Waals surface area (Å²) in [6.07, 6.45) is 0.192. The summed E-state index contributed by atoms with van der Waals surface area (Å²) in [6.45, 7) is 5.58. The fourth-order valence-electron chi connectivity index (χ4n) is 0.331. The van der Waals surface area contributed by atoms with Crippen molar-refractivity contribution in [2.45, 2.75) is 24.1 Å². The number of rotatable bonds is 3. The average Bonchev–Trinajstić information content (AvgIpc) is 1.87. The lowest BCUT2D eigenvalue weighted by molar-refractivity contribution is 0.162. The van der Waals surface area contributed by atoms with E-state index in [9.17, 15) is 0 Å². The van der Waals surface area contributed by atoms with Gasteiger partial charge in [-0.15, -0.1) is 0 Å². The van der Waals surface area contributed by atoms with Crippen molar-refractivity contribution >= 4 is 34.8 Å². The van der Waals surface area contributed by atoms with Crippen LogP contribution in [-0.4, -0.2) is 28.7 Å². The van der Waals surface area contributed by atoms with Crippen molar-refractivity contribution in [1.82, 2.24) is 0 Å². The van der Waals surface area contributed by atoms with Gasteiger partial charge in [0.05, 0.1) is 0 Å². The summed E-state index contributed by atoms with van der Waals surface area (Å²) in [6, 6.07) is 0. The molecule has 0 saturated carbocycles. The summed E-state index contributed by atoms with van der Waals surface area (Å²) >= 11 is 15.6. The molecule has 5 heteroatoms. The minimum Gasteiger partial charge on any atom is -0.396 e. The second-order valence-electron chi connectivity index (χ2n) is 1.87. The van der Waals surface area contributed by atoms with Gasteiger partial charge in [0.1, 0.15) is 0 Å². The zero-order chi connectivity index (χ0) is 10.0. The lowest BCUT2D eigenvalue weighted by Gasteiger charge is -2.05. The Morgan fingerprint density at radius 1 is 1.17 bits per heavy atom. The molecule has 76 valence electrons. The highest BCUT2D eigenvalue weighted by atomic mass is 35.6. The highest BCUT2D eigenvalue weighted by Gasteiger charge is 2.17. The highest BCUT2D eigenvalue weighted by molar-refractivity contribution is 6.67. The number of ether oxygens (including phenoxy) is 1. The number of alkyl halides is 3. The predicted molar refractivity (Wildman–Crippen MR) is 54.2 cm³/mol. The average molecular weight is 238 g/mol. The van der Waals surface area contributed by atoms with Gasteiger partial charge < -0.3 is 9.84 Å². The van der Waals surface area contributed by atoms with E-state index >= 15 is 0 Å². The lowest BCUT2D eigenvalue weighted by Crippen LogP contribution is -2.03. The van der Waals surface area contributed by atoms with Crippen LogP contribution in [0.15, 0.2) is 0 Å². The van der Waals surface area contributed by atoms with Crippen LogP contribution in [0.2, 0.25) is 0 Å². The van der Waals surface area contributed by atoms with Crippen molar-refractivity contribution in [2.75, 3.05) is 19.8 Å². The van der Waals surface area contributed by atoms with Crippen LogP contribution in [0, 0.1) is 0 Å². The number of halogens is 3. The second kappa shape index (κ2) is 9.87. The van der Waals surface area contributed by atoms with Crippen molar-refractivity contribution < 1.29 is 9.84 Å². The molecule has 2 nitrogen and oxygen atoms in total. The summed E-state index contributed by atoms with van der Waals surface area (Å²) in [4.78, 5) is 0. The fraction of sp³-hybridized carbons (Fsp3) is 1.00. The van der Waals surface area contributed by atoms with Crippen molar-refractivity contribution in [3.8, 4) is 0 Å². The number of aliphatic hydroxyl groups excluding tert-OH is 1. The Balaban J connectivity index is 0. The van der Waals surface area contributed by atoms with Crippen LogP contribution in [0.25, 0.3) is 0 Å². The van der Waals surface area contributed by atoms with Crippen LogP contribution in [0.5, 0.6) is 0 Å². The van der Waals surface area contributed by atoms with Gasteiger partial charge in [-0.2, -0.15) is 0 Å². The molecule has 0 fully saturated rings. The summed E-state index contributed by atoms with van der Waals surface area (Å²) in [7, 11) is 0. The molecular formula is C7H15Cl3O2. The van der Waals surface area contributed by atoms with Crippen molar-refractivity contribution in [2.24, 2.45) is 0 Å². The van der Waals surface area contributed by atoms with E-state index in [-0.39, 0.29) is 13.0 Å². The molecule has 12 heavy (non-hydrogen) atoms. The first-order chi connectivity index (χ1) is 5.47. The molecule has 0 aromatic carbocycles. The Morgan fingerprint density at radius 2 is 1.58 bits per heavy atom. The van der Waals surface area contributed by atoms with E-state index in [1.807, 2.05) is 13.8 Å². The van der Waals surface area contributed by atoms with E-state index in [0.29, 0.717) is 0 Å². The molecule has 0 bridgehead atoms. The van der Waals surface area contributed by atoms with Crippen LogP contribution in [0.4, 0.5) is 0 Å². The standard InChI is InChI=1S/C4H10O.C3H5Cl3O/c1-3-5-4-2;4-3(5,6)1-2-7/h3-4H2,1-2H3;7H,1-2H2. The monoisotopic (exact) mass is 236 g/mol. The zero-order valence-corrected chi connectivity index (χ0v) is 9.59. The Kier molecular flexibility index (Phi) is 12.6. The van der Waals surface area contributed by atoms with Crippen LogP contribution >= 0.6 is 34.8 Å².